The van der Waals surface area contributed by atoms with Crippen LogP contribution in [0.2, 0.25) is 0 Å². The molecule has 2 fully saturated rings. The molecule has 3 rings (SSSR count). The summed E-state index contributed by atoms with van der Waals surface area (Å²) in [6.45, 7) is 8.60. The molecule has 0 saturated carbocycles. The van der Waals surface area contributed by atoms with Crippen molar-refractivity contribution in [1.82, 2.24) is 15.1 Å². The van der Waals surface area contributed by atoms with Crippen molar-refractivity contribution in [2.24, 2.45) is 5.41 Å². The van der Waals surface area contributed by atoms with Crippen molar-refractivity contribution in [3.63, 3.8) is 0 Å². The van der Waals surface area contributed by atoms with E-state index in [2.05, 4.69) is 10.2 Å². The molecule has 1 atom stereocenters. The van der Waals surface area contributed by atoms with Gasteiger partial charge in [0.15, 0.2) is 6.29 Å². The zero-order chi connectivity index (χ0) is 28.8. The number of likely N-dealkylation sites (tertiary alicyclic amines) is 1. The van der Waals surface area contributed by atoms with E-state index in [9.17, 15) is 24.0 Å². The normalized spacial score (nSPS) is 17.8. The molecule has 2 saturated heterocycles. The van der Waals surface area contributed by atoms with E-state index in [4.69, 9.17) is 4.74 Å². The average Bonchev–Trinajstić information content (AvgIpc) is 2.92. The molecule has 10 nitrogen and oxygen atoms in total. The number of aldehydes is 2. The molecule has 1 N–H and O–H groups in total. The number of piperidine rings is 2. The molecular weight excluding hydrogens is 500 g/mol. The van der Waals surface area contributed by atoms with Gasteiger partial charge < -0.3 is 29.5 Å². The zero-order valence-corrected chi connectivity index (χ0v) is 23.8. The summed E-state index contributed by atoms with van der Waals surface area (Å²) in [6.07, 6.45) is 5.25. The molecular formula is C29H42N4O6. The summed E-state index contributed by atoms with van der Waals surface area (Å²) in [4.78, 5) is 66.3. The molecule has 39 heavy (non-hydrogen) atoms. The summed E-state index contributed by atoms with van der Waals surface area (Å²) in [5.41, 5.74) is 1.00. The fraction of sp³-hybridized carbons (Fsp3) is 0.621. The van der Waals surface area contributed by atoms with Gasteiger partial charge in [0.2, 0.25) is 5.91 Å². The van der Waals surface area contributed by atoms with Gasteiger partial charge in [-0.05, 0) is 76.5 Å². The van der Waals surface area contributed by atoms with Crippen LogP contribution in [0, 0.1) is 5.41 Å². The standard InChI is InChI=1S/C29H42N4O6/c1-28(2,3)39-27(38)33-16-12-29(13-17-33)10-14-32(15-11-29)22-9-8-21(20-35)23(19-22)26(37)31(5)24(7-6-18-34)25(36)30-4/h8-9,18-20,24H,6-7,10-17H2,1-5H3,(H,30,36). The van der Waals surface area contributed by atoms with E-state index < -0.39 is 17.6 Å². The van der Waals surface area contributed by atoms with Crippen LogP contribution in [-0.4, -0.2) is 92.2 Å². The first-order valence-corrected chi connectivity index (χ1v) is 13.7. The number of benzene rings is 1. The van der Waals surface area contributed by atoms with Crippen LogP contribution in [0.1, 0.15) is 80.0 Å². The molecule has 2 heterocycles. The number of ether oxygens (including phenoxy) is 1. The van der Waals surface area contributed by atoms with Gasteiger partial charge in [0.25, 0.3) is 5.91 Å². The number of hydrogen-bond acceptors (Lipinski definition) is 7. The smallest absolute Gasteiger partial charge is 0.410 e. The van der Waals surface area contributed by atoms with Gasteiger partial charge in [-0.3, -0.25) is 14.4 Å². The van der Waals surface area contributed by atoms with Crippen molar-refractivity contribution in [3.05, 3.63) is 29.3 Å². The van der Waals surface area contributed by atoms with Crippen molar-refractivity contribution in [3.8, 4) is 0 Å². The Bertz CT molecular complexity index is 1060. The minimum Gasteiger partial charge on any atom is -0.444 e. The maximum atomic E-state index is 13.4. The minimum atomic E-state index is -0.822. The summed E-state index contributed by atoms with van der Waals surface area (Å²) in [6, 6.07) is 4.41. The largest absolute Gasteiger partial charge is 0.444 e. The predicted octanol–water partition coefficient (Wildman–Crippen LogP) is 3.28. The van der Waals surface area contributed by atoms with Crippen molar-refractivity contribution >= 4 is 36.2 Å². The molecule has 0 radical (unpaired) electrons. The quantitative estimate of drug-likeness (QED) is 0.501. The lowest BCUT2D eigenvalue weighted by Crippen LogP contribution is -2.49. The van der Waals surface area contributed by atoms with Crippen LogP contribution in [0.3, 0.4) is 0 Å². The van der Waals surface area contributed by atoms with E-state index in [0.29, 0.717) is 19.4 Å². The Balaban J connectivity index is 1.68. The van der Waals surface area contributed by atoms with Gasteiger partial charge >= 0.3 is 6.09 Å². The molecule has 2 aliphatic heterocycles. The van der Waals surface area contributed by atoms with Crippen LogP contribution < -0.4 is 10.2 Å². The second-order valence-electron chi connectivity index (χ2n) is 11.6. The maximum Gasteiger partial charge on any atom is 0.410 e. The van der Waals surface area contributed by atoms with Gasteiger partial charge in [0.1, 0.15) is 17.9 Å². The topological polar surface area (TPSA) is 116 Å². The fourth-order valence-electron chi connectivity index (χ4n) is 5.48. The highest BCUT2D eigenvalue weighted by Gasteiger charge is 2.39. The number of likely N-dealkylation sites (N-methyl/N-ethyl adjacent to an activating group) is 2. The SMILES string of the molecule is CNC(=O)C(CCC=O)N(C)C(=O)c1cc(N2CCC3(CCN(C(=O)OC(C)(C)C)CC3)CC2)ccc1C=O. The lowest BCUT2D eigenvalue weighted by Gasteiger charge is -2.47. The number of nitrogens with zero attached hydrogens (tertiary/aromatic N) is 3. The van der Waals surface area contributed by atoms with E-state index in [1.165, 1.54) is 19.0 Å². The monoisotopic (exact) mass is 542 g/mol. The van der Waals surface area contributed by atoms with Crippen molar-refractivity contribution in [2.75, 3.05) is 45.2 Å². The second-order valence-corrected chi connectivity index (χ2v) is 11.6. The Labute approximate surface area is 231 Å². The van der Waals surface area contributed by atoms with Gasteiger partial charge in [-0.2, -0.15) is 0 Å². The molecule has 0 bridgehead atoms. The summed E-state index contributed by atoms with van der Waals surface area (Å²) in [5, 5.41) is 2.54. The number of carbonyl (C=O) groups is 5. The molecule has 2 aliphatic rings. The van der Waals surface area contributed by atoms with E-state index in [-0.39, 0.29) is 41.4 Å². The molecule has 1 unspecified atom stereocenters. The summed E-state index contributed by atoms with van der Waals surface area (Å²) >= 11 is 0. The highest BCUT2D eigenvalue weighted by atomic mass is 16.6. The maximum absolute atomic E-state index is 13.4. The Morgan fingerprint density at radius 3 is 2.23 bits per heavy atom. The average molecular weight is 543 g/mol. The second kappa shape index (κ2) is 12.6. The van der Waals surface area contributed by atoms with Gasteiger partial charge in [-0.25, -0.2) is 4.79 Å². The fourth-order valence-corrected chi connectivity index (χ4v) is 5.48. The van der Waals surface area contributed by atoms with Crippen LogP contribution in [-0.2, 0) is 14.3 Å². The van der Waals surface area contributed by atoms with Gasteiger partial charge in [-0.1, -0.05) is 0 Å². The molecule has 1 aromatic carbocycles. The number of amides is 3. The van der Waals surface area contributed by atoms with Crippen LogP contribution in [0.5, 0.6) is 0 Å². The molecule has 10 heteroatoms. The van der Waals surface area contributed by atoms with Gasteiger partial charge in [0, 0.05) is 57.9 Å². The molecule has 1 spiro atoms. The third-order valence-corrected chi connectivity index (χ3v) is 7.95. The summed E-state index contributed by atoms with van der Waals surface area (Å²) < 4.78 is 5.53. The third kappa shape index (κ3) is 7.36. The highest BCUT2D eigenvalue weighted by Crippen LogP contribution is 2.42. The first-order chi connectivity index (χ1) is 18.4. The molecule has 3 amide bonds. The van der Waals surface area contributed by atoms with E-state index >= 15 is 0 Å². The number of nitrogens with one attached hydrogen (secondary N) is 1. The van der Waals surface area contributed by atoms with Crippen molar-refractivity contribution in [1.29, 1.82) is 0 Å². The Hall–Kier alpha value is -3.43. The van der Waals surface area contributed by atoms with Gasteiger partial charge in [-0.15, -0.1) is 0 Å². The van der Waals surface area contributed by atoms with E-state index in [1.54, 1.807) is 17.0 Å². The summed E-state index contributed by atoms with van der Waals surface area (Å²) in [5.74, 6) is -0.808. The minimum absolute atomic E-state index is 0.140. The third-order valence-electron chi connectivity index (χ3n) is 7.95. The van der Waals surface area contributed by atoms with Crippen molar-refractivity contribution < 1.29 is 28.7 Å². The van der Waals surface area contributed by atoms with Gasteiger partial charge in [0.05, 0.1) is 5.56 Å². The highest BCUT2D eigenvalue weighted by molar-refractivity contribution is 6.04. The number of rotatable bonds is 8. The van der Waals surface area contributed by atoms with E-state index in [0.717, 1.165) is 50.7 Å². The molecule has 0 aromatic heterocycles. The van der Waals surface area contributed by atoms with Crippen molar-refractivity contribution in [2.45, 2.75) is 70.9 Å². The lowest BCUT2D eigenvalue weighted by molar-refractivity contribution is -0.125. The Morgan fingerprint density at radius 1 is 1.08 bits per heavy atom. The zero-order valence-electron chi connectivity index (χ0n) is 23.8. The summed E-state index contributed by atoms with van der Waals surface area (Å²) in [7, 11) is 3.00. The molecule has 0 aliphatic carbocycles. The molecule has 214 valence electrons. The predicted molar refractivity (Wildman–Crippen MR) is 148 cm³/mol. The van der Waals surface area contributed by atoms with Crippen LogP contribution in [0.4, 0.5) is 10.5 Å². The van der Waals surface area contributed by atoms with Crippen LogP contribution in [0.25, 0.3) is 0 Å². The lowest BCUT2D eigenvalue weighted by atomic mass is 9.71. The molecule has 1 aromatic rings. The first kappa shape index (κ1) is 30.1. The Morgan fingerprint density at radius 2 is 1.69 bits per heavy atom. The number of hydrogen-bond donors (Lipinski definition) is 1. The van der Waals surface area contributed by atoms with Crippen LogP contribution in [0.15, 0.2) is 18.2 Å². The van der Waals surface area contributed by atoms with E-state index in [1.807, 2.05) is 26.8 Å². The number of anilines is 1. The Kier molecular flexibility index (Phi) is 9.74. The number of carbonyl (C=O) groups excluding carboxylic acids is 5. The first-order valence-electron chi connectivity index (χ1n) is 13.7. The van der Waals surface area contributed by atoms with Crippen LogP contribution >= 0.6 is 0 Å².